The van der Waals surface area contributed by atoms with Crippen molar-refractivity contribution in [2.75, 3.05) is 0 Å². The molecule has 0 aliphatic heterocycles. The summed E-state index contributed by atoms with van der Waals surface area (Å²) in [5.74, 6) is 1.10. The lowest BCUT2D eigenvalue weighted by Crippen LogP contribution is -2.14. The van der Waals surface area contributed by atoms with Crippen molar-refractivity contribution >= 4 is 16.8 Å². The third-order valence-electron chi connectivity index (χ3n) is 2.08. The first-order valence-electron chi connectivity index (χ1n) is 4.99. The van der Waals surface area contributed by atoms with E-state index in [0.29, 0.717) is 11.6 Å². The lowest BCUT2D eigenvalue weighted by atomic mass is 10.2. The van der Waals surface area contributed by atoms with E-state index in [0.717, 1.165) is 11.0 Å². The highest BCUT2D eigenvalue weighted by Crippen LogP contribution is 2.18. The van der Waals surface area contributed by atoms with Crippen molar-refractivity contribution in [1.29, 1.82) is 0 Å². The van der Waals surface area contributed by atoms with Crippen LogP contribution in [0.2, 0.25) is 0 Å². The van der Waals surface area contributed by atoms with E-state index in [1.807, 2.05) is 44.2 Å². The van der Waals surface area contributed by atoms with Crippen LogP contribution in [0.5, 0.6) is 0 Å². The van der Waals surface area contributed by atoms with E-state index < -0.39 is 0 Å². The number of benzene rings is 1. The second kappa shape index (κ2) is 3.77. The highest BCUT2D eigenvalue weighted by atomic mass is 16.3. The van der Waals surface area contributed by atoms with E-state index in [1.165, 1.54) is 0 Å². The van der Waals surface area contributed by atoms with Gasteiger partial charge in [-0.2, -0.15) is 0 Å². The lowest BCUT2D eigenvalue weighted by molar-refractivity contribution is 0.602. The summed E-state index contributed by atoms with van der Waals surface area (Å²) in [6, 6.07) is 9.91. The summed E-state index contributed by atoms with van der Waals surface area (Å²) < 4.78 is 5.57. The normalized spacial score (nSPS) is 12.6. The second-order valence-corrected chi connectivity index (χ2v) is 3.76. The molecule has 0 bridgehead atoms. The van der Waals surface area contributed by atoms with Crippen molar-refractivity contribution in [3.05, 3.63) is 36.1 Å². The molecule has 0 radical (unpaired) electrons. The van der Waals surface area contributed by atoms with Gasteiger partial charge >= 0.3 is 0 Å². The van der Waals surface area contributed by atoms with Gasteiger partial charge in [-0.1, -0.05) is 18.2 Å². The Labute approximate surface area is 88.6 Å². The van der Waals surface area contributed by atoms with Crippen molar-refractivity contribution in [2.45, 2.75) is 19.9 Å². The van der Waals surface area contributed by atoms with Crippen molar-refractivity contribution in [2.24, 2.45) is 10.7 Å². The van der Waals surface area contributed by atoms with E-state index in [1.54, 1.807) is 0 Å². The molecule has 1 heterocycles. The topological polar surface area (TPSA) is 51.5 Å². The summed E-state index contributed by atoms with van der Waals surface area (Å²) in [7, 11) is 0. The van der Waals surface area contributed by atoms with Gasteiger partial charge in [-0.25, -0.2) is 0 Å². The molecular weight excluding hydrogens is 188 g/mol. The molecule has 3 heteroatoms. The second-order valence-electron chi connectivity index (χ2n) is 3.76. The highest BCUT2D eigenvalue weighted by molar-refractivity contribution is 5.98. The molecule has 0 aliphatic carbocycles. The number of nitrogens with two attached hydrogens (primary N) is 1. The molecule has 2 rings (SSSR count). The number of furan rings is 1. The predicted molar refractivity (Wildman–Crippen MR) is 62.1 cm³/mol. The Hall–Kier alpha value is -1.77. The molecule has 2 aromatic rings. The maximum atomic E-state index is 5.82. The van der Waals surface area contributed by atoms with E-state index in [2.05, 4.69) is 4.99 Å². The van der Waals surface area contributed by atoms with Crippen LogP contribution in [-0.2, 0) is 0 Å². The summed E-state index contributed by atoms with van der Waals surface area (Å²) in [4.78, 5) is 4.24. The Bertz CT molecular complexity index is 464. The molecule has 3 nitrogen and oxygen atoms in total. The standard InChI is InChI=1S/C12H14N2O/c1-8(2)14-12(13)11-7-9-5-3-4-6-10(9)15-11/h3-8H,1-2H3,(H2,13,14). The smallest absolute Gasteiger partial charge is 0.169 e. The Kier molecular flexibility index (Phi) is 2.46. The number of para-hydroxylation sites is 1. The number of fused-ring (bicyclic) bond motifs is 1. The van der Waals surface area contributed by atoms with Crippen LogP contribution in [0.15, 0.2) is 39.7 Å². The number of hydrogen-bond acceptors (Lipinski definition) is 2. The summed E-state index contributed by atoms with van der Waals surface area (Å²) in [5, 5.41) is 1.05. The van der Waals surface area contributed by atoms with Crippen LogP contribution in [-0.4, -0.2) is 11.9 Å². The fourth-order valence-electron chi connectivity index (χ4n) is 1.45. The molecule has 1 aromatic carbocycles. The summed E-state index contributed by atoms with van der Waals surface area (Å²) in [6.45, 7) is 3.96. The molecule has 0 aliphatic rings. The molecule has 2 N–H and O–H groups in total. The van der Waals surface area contributed by atoms with E-state index in [-0.39, 0.29) is 6.04 Å². The van der Waals surface area contributed by atoms with Crippen LogP contribution in [0.3, 0.4) is 0 Å². The number of aliphatic imine (C=N–C) groups is 1. The minimum absolute atomic E-state index is 0.179. The molecule has 0 saturated heterocycles. The van der Waals surface area contributed by atoms with Crippen molar-refractivity contribution < 1.29 is 4.42 Å². The van der Waals surface area contributed by atoms with Crippen LogP contribution in [0, 0.1) is 0 Å². The number of amidine groups is 1. The van der Waals surface area contributed by atoms with Crippen molar-refractivity contribution in [1.82, 2.24) is 0 Å². The van der Waals surface area contributed by atoms with Crippen LogP contribution < -0.4 is 5.73 Å². The maximum Gasteiger partial charge on any atom is 0.169 e. The maximum absolute atomic E-state index is 5.82. The molecule has 1 aromatic heterocycles. The van der Waals surface area contributed by atoms with Gasteiger partial charge in [0.05, 0.1) is 0 Å². The van der Waals surface area contributed by atoms with Gasteiger partial charge in [0.15, 0.2) is 11.6 Å². The van der Waals surface area contributed by atoms with Gasteiger partial charge in [0.2, 0.25) is 0 Å². The zero-order valence-corrected chi connectivity index (χ0v) is 8.90. The van der Waals surface area contributed by atoms with Gasteiger partial charge in [0.1, 0.15) is 5.58 Å². The van der Waals surface area contributed by atoms with Gasteiger partial charge in [-0.3, -0.25) is 4.99 Å². The van der Waals surface area contributed by atoms with Crippen LogP contribution in [0.4, 0.5) is 0 Å². The Morgan fingerprint density at radius 1 is 1.33 bits per heavy atom. The average Bonchev–Trinajstić information content (AvgIpc) is 2.59. The minimum Gasteiger partial charge on any atom is -0.453 e. The number of rotatable bonds is 2. The van der Waals surface area contributed by atoms with Gasteiger partial charge in [0.25, 0.3) is 0 Å². The van der Waals surface area contributed by atoms with E-state index >= 15 is 0 Å². The number of hydrogen-bond donors (Lipinski definition) is 1. The lowest BCUT2D eigenvalue weighted by Gasteiger charge is -1.98. The third-order valence-corrected chi connectivity index (χ3v) is 2.08. The number of nitrogens with zero attached hydrogens (tertiary/aromatic N) is 1. The molecule has 0 amide bonds. The molecule has 0 fully saturated rings. The molecule has 0 unspecified atom stereocenters. The summed E-state index contributed by atoms with van der Waals surface area (Å²) in [5.41, 5.74) is 6.66. The van der Waals surface area contributed by atoms with Crippen LogP contribution in [0.25, 0.3) is 11.0 Å². The Morgan fingerprint density at radius 2 is 2.07 bits per heavy atom. The first-order chi connectivity index (χ1) is 7.16. The molecular formula is C12H14N2O. The largest absolute Gasteiger partial charge is 0.453 e. The molecule has 78 valence electrons. The fraction of sp³-hybridized carbons (Fsp3) is 0.250. The van der Waals surface area contributed by atoms with Gasteiger partial charge in [-0.05, 0) is 26.0 Å². The third kappa shape index (κ3) is 2.01. The van der Waals surface area contributed by atoms with Crippen LogP contribution in [0.1, 0.15) is 19.6 Å². The first kappa shape index (κ1) is 9.77. The quantitative estimate of drug-likeness (QED) is 0.601. The van der Waals surface area contributed by atoms with Gasteiger partial charge in [0, 0.05) is 11.4 Å². The van der Waals surface area contributed by atoms with Gasteiger partial charge in [-0.15, -0.1) is 0 Å². The highest BCUT2D eigenvalue weighted by Gasteiger charge is 2.06. The van der Waals surface area contributed by atoms with Crippen molar-refractivity contribution in [3.63, 3.8) is 0 Å². The summed E-state index contributed by atoms with van der Waals surface area (Å²) in [6.07, 6.45) is 0. The fourth-order valence-corrected chi connectivity index (χ4v) is 1.45. The first-order valence-corrected chi connectivity index (χ1v) is 4.99. The van der Waals surface area contributed by atoms with E-state index in [4.69, 9.17) is 10.2 Å². The molecule has 0 atom stereocenters. The summed E-state index contributed by atoms with van der Waals surface area (Å²) >= 11 is 0. The van der Waals surface area contributed by atoms with E-state index in [9.17, 15) is 0 Å². The van der Waals surface area contributed by atoms with Crippen LogP contribution >= 0.6 is 0 Å². The molecule has 0 saturated carbocycles. The Balaban J connectivity index is 2.45. The SMILES string of the molecule is CC(C)N=C(N)c1cc2ccccc2o1. The predicted octanol–water partition coefficient (Wildman–Crippen LogP) is 2.55. The Morgan fingerprint density at radius 3 is 2.73 bits per heavy atom. The molecule has 0 spiro atoms. The minimum atomic E-state index is 0.179. The zero-order chi connectivity index (χ0) is 10.8. The zero-order valence-electron chi connectivity index (χ0n) is 8.90. The van der Waals surface area contributed by atoms with Crippen molar-refractivity contribution in [3.8, 4) is 0 Å². The van der Waals surface area contributed by atoms with Gasteiger partial charge < -0.3 is 10.2 Å². The molecule has 15 heavy (non-hydrogen) atoms. The monoisotopic (exact) mass is 202 g/mol. The average molecular weight is 202 g/mol.